The van der Waals surface area contributed by atoms with E-state index < -0.39 is 28.8 Å². The third-order valence-electron chi connectivity index (χ3n) is 14.9. The molecule has 2 saturated carbocycles. The number of rotatable bonds is 8. The first-order valence-electron chi connectivity index (χ1n) is 22.8. The van der Waals surface area contributed by atoms with E-state index >= 15 is 13.6 Å². The molecule has 1 amide bonds. The van der Waals surface area contributed by atoms with E-state index in [9.17, 15) is 9.59 Å². The van der Waals surface area contributed by atoms with Crippen LogP contribution in [0.5, 0.6) is 0 Å². The summed E-state index contributed by atoms with van der Waals surface area (Å²) >= 11 is 0. The first-order valence-corrected chi connectivity index (χ1v) is 22.8. The Kier molecular flexibility index (Phi) is 8.49. The van der Waals surface area contributed by atoms with E-state index in [0.717, 1.165) is 43.4 Å². The van der Waals surface area contributed by atoms with Gasteiger partial charge in [0, 0.05) is 50.1 Å². The van der Waals surface area contributed by atoms with Gasteiger partial charge < -0.3 is 14.2 Å². The second-order valence-electron chi connectivity index (χ2n) is 18.6. The highest BCUT2D eigenvalue weighted by Crippen LogP contribution is 2.56. The summed E-state index contributed by atoms with van der Waals surface area (Å²) in [6.45, 7) is 5.46. The molecule has 8 heterocycles. The fourth-order valence-electron chi connectivity index (χ4n) is 11.2. The average molecular weight is 895 g/mol. The van der Waals surface area contributed by atoms with Gasteiger partial charge in [0.2, 0.25) is 0 Å². The zero-order chi connectivity index (χ0) is 44.7. The summed E-state index contributed by atoms with van der Waals surface area (Å²) in [6.07, 6.45) is 12.9. The Labute approximate surface area is 373 Å². The van der Waals surface area contributed by atoms with E-state index in [-0.39, 0.29) is 41.8 Å². The molecule has 1 N–H and O–H groups in total. The van der Waals surface area contributed by atoms with Crippen molar-refractivity contribution in [3.63, 3.8) is 0 Å². The van der Waals surface area contributed by atoms with Crippen LogP contribution in [0.3, 0.4) is 0 Å². The quantitative estimate of drug-likeness (QED) is 0.187. The summed E-state index contributed by atoms with van der Waals surface area (Å²) in [5.41, 5.74) is 4.77. The third kappa shape index (κ3) is 5.64. The zero-order valence-corrected chi connectivity index (χ0v) is 36.2. The number of nitrogens with zero attached hydrogens (tertiary/aromatic N) is 11. The molecule has 5 aliphatic rings. The van der Waals surface area contributed by atoms with Crippen LogP contribution in [0.4, 0.5) is 8.78 Å². The molecule has 6 aromatic heterocycles. The lowest BCUT2D eigenvalue weighted by molar-refractivity contribution is 0.0663. The van der Waals surface area contributed by atoms with Crippen LogP contribution < -0.4 is 11.4 Å². The van der Waals surface area contributed by atoms with Gasteiger partial charge in [-0.15, -0.1) is 0 Å². The van der Waals surface area contributed by atoms with Crippen molar-refractivity contribution in [3.8, 4) is 17.2 Å². The van der Waals surface area contributed by atoms with Crippen LogP contribution in [-0.2, 0) is 29.5 Å². The number of aromatic amines is 1. The number of benzene rings is 2. The number of aromatic nitrogens is 11. The number of halogens is 2. The molecule has 2 aliphatic heterocycles. The molecule has 17 nitrogen and oxygen atoms in total. The predicted molar refractivity (Wildman–Crippen MR) is 233 cm³/mol. The molecule has 66 heavy (non-hydrogen) atoms. The molecule has 3 fully saturated rings. The SMILES string of the molecule is C[C@H]1c2c(nn(-c3ccc(F)c4c3CCC4)c2-n2ccn(-c3ccc4c(cnn4C4CC4)c3F)c2=O)CCN1C(=O)c1cc2nc(C3CCOCC3)cnc2n1[C@@]1(c2noc(=O)[nH]2)C[C@@H]1C. The number of nitrogens with one attached hydrogen (secondary N) is 1. The van der Waals surface area contributed by atoms with Crippen molar-refractivity contribution in [2.24, 2.45) is 5.92 Å². The summed E-state index contributed by atoms with van der Waals surface area (Å²) in [5.74, 6) is -1.10. The Morgan fingerprint density at radius 2 is 1.73 bits per heavy atom. The number of carbonyl (C=O) groups excluding carboxylic acids is 1. The lowest BCUT2D eigenvalue weighted by Gasteiger charge is -2.34. The van der Waals surface area contributed by atoms with Gasteiger partial charge >= 0.3 is 11.4 Å². The monoisotopic (exact) mass is 894 g/mol. The first kappa shape index (κ1) is 39.4. The summed E-state index contributed by atoms with van der Waals surface area (Å²) < 4.78 is 50.5. The summed E-state index contributed by atoms with van der Waals surface area (Å²) in [7, 11) is 0. The highest BCUT2D eigenvalue weighted by Gasteiger charge is 2.59. The van der Waals surface area contributed by atoms with Crippen molar-refractivity contribution in [1.82, 2.24) is 58.3 Å². The number of imidazole rings is 1. The van der Waals surface area contributed by atoms with Crippen LogP contribution >= 0.6 is 0 Å². The summed E-state index contributed by atoms with van der Waals surface area (Å²) in [6, 6.07) is 7.90. The molecule has 1 saturated heterocycles. The molecule has 0 spiro atoms. The fraction of sp³-hybridized carbons (Fsp3) is 0.404. The van der Waals surface area contributed by atoms with Crippen molar-refractivity contribution in [1.29, 1.82) is 0 Å². The van der Waals surface area contributed by atoms with Gasteiger partial charge in [0.1, 0.15) is 28.4 Å². The van der Waals surface area contributed by atoms with Gasteiger partial charge in [-0.1, -0.05) is 12.1 Å². The van der Waals surface area contributed by atoms with Gasteiger partial charge in [-0.25, -0.2) is 33.0 Å². The molecule has 2 aromatic carbocycles. The van der Waals surface area contributed by atoms with E-state index in [1.54, 1.807) is 46.2 Å². The largest absolute Gasteiger partial charge is 0.438 e. The Balaban J connectivity index is 0.957. The van der Waals surface area contributed by atoms with Gasteiger partial charge in [0.05, 0.1) is 58.1 Å². The maximum Gasteiger partial charge on any atom is 0.438 e. The van der Waals surface area contributed by atoms with Crippen molar-refractivity contribution in [2.75, 3.05) is 19.8 Å². The van der Waals surface area contributed by atoms with Crippen LogP contribution in [0.2, 0.25) is 0 Å². The van der Waals surface area contributed by atoms with Crippen LogP contribution in [0.1, 0.15) is 115 Å². The number of fused-ring (bicyclic) bond motifs is 4. The topological polar surface area (TPSA) is 182 Å². The minimum Gasteiger partial charge on any atom is -0.381 e. The molecule has 0 radical (unpaired) electrons. The van der Waals surface area contributed by atoms with Crippen molar-refractivity contribution in [2.45, 2.75) is 95.2 Å². The zero-order valence-electron chi connectivity index (χ0n) is 36.2. The highest BCUT2D eigenvalue weighted by atomic mass is 19.1. The Morgan fingerprint density at radius 1 is 0.939 bits per heavy atom. The second kappa shape index (κ2) is 14.2. The standard InChI is InChI=1S/C47H44F2N12O5/c1-24-21-47(24,44-53-45(63)66-55-44)59-38(20-33-41(59)50-23-34(52-33)26-13-18-65-19-14-26)43(62)56-15-12-32-39(25(56)2)42(61(54-32)35-9-8-31(48)28-4-3-5-29(28)35)58-17-16-57(46(58)64)37-11-10-36-30(40(37)49)22-51-60(36)27-6-7-27/h8-11,16-17,20,22-27H,3-7,12-15,18-19,21H2,1-2H3,(H,53,55,63)/t24-,25-,47-/m0/s1. The molecule has 13 rings (SSSR count). The van der Waals surface area contributed by atoms with Crippen LogP contribution in [-0.4, -0.2) is 83.9 Å². The molecule has 0 unspecified atom stereocenters. The molecule has 8 aromatic rings. The Bertz CT molecular complexity index is 3450. The Hall–Kier alpha value is -7.02. The van der Waals surface area contributed by atoms with Gasteiger partial charge in [0.25, 0.3) is 5.91 Å². The molecular weight excluding hydrogens is 851 g/mol. The number of amides is 1. The molecule has 3 atom stereocenters. The third-order valence-corrected chi connectivity index (χ3v) is 14.9. The smallest absolute Gasteiger partial charge is 0.381 e. The van der Waals surface area contributed by atoms with E-state index in [1.807, 2.05) is 23.1 Å². The van der Waals surface area contributed by atoms with Gasteiger partial charge in [-0.2, -0.15) is 10.2 Å². The summed E-state index contributed by atoms with van der Waals surface area (Å²) in [5, 5.41) is 14.1. The van der Waals surface area contributed by atoms with Crippen molar-refractivity contribution in [3.05, 3.63) is 127 Å². The van der Waals surface area contributed by atoms with Gasteiger partial charge in [0.15, 0.2) is 17.3 Å². The average Bonchev–Trinajstić information content (AvgIpc) is 3.74. The number of carbonyl (C=O) groups is 1. The van der Waals surface area contributed by atoms with Crippen LogP contribution in [0.15, 0.2) is 69.2 Å². The van der Waals surface area contributed by atoms with Gasteiger partial charge in [-0.05, 0) is 106 Å². The van der Waals surface area contributed by atoms with Gasteiger partial charge in [-0.3, -0.25) is 28.1 Å². The minimum absolute atomic E-state index is 0.0548. The Morgan fingerprint density at radius 3 is 2.50 bits per heavy atom. The maximum absolute atomic E-state index is 16.4. The number of ether oxygens (including phenoxy) is 1. The van der Waals surface area contributed by atoms with E-state index in [1.165, 1.54) is 27.6 Å². The molecule has 336 valence electrons. The van der Waals surface area contributed by atoms with Crippen molar-refractivity contribution >= 4 is 28.0 Å². The number of hydrogen-bond donors (Lipinski definition) is 1. The molecular formula is C47H44F2N12O5. The lowest BCUT2D eigenvalue weighted by Crippen LogP contribution is -2.41. The summed E-state index contributed by atoms with van der Waals surface area (Å²) in [4.78, 5) is 57.3. The van der Waals surface area contributed by atoms with Crippen LogP contribution in [0.25, 0.3) is 39.3 Å². The fourth-order valence-corrected chi connectivity index (χ4v) is 11.2. The highest BCUT2D eigenvalue weighted by molar-refractivity contribution is 5.98. The van der Waals surface area contributed by atoms with E-state index in [0.29, 0.717) is 101 Å². The second-order valence-corrected chi connectivity index (χ2v) is 18.6. The normalized spacial score (nSPS) is 21.8. The van der Waals surface area contributed by atoms with Crippen LogP contribution in [0, 0.1) is 17.6 Å². The van der Waals surface area contributed by atoms with Crippen molar-refractivity contribution < 1.29 is 22.8 Å². The number of H-pyrrole nitrogens is 1. The molecule has 19 heteroatoms. The molecule has 0 bridgehead atoms. The molecule has 3 aliphatic carbocycles. The van der Waals surface area contributed by atoms with E-state index in [4.69, 9.17) is 24.3 Å². The first-order chi connectivity index (χ1) is 32.1. The maximum atomic E-state index is 16.4. The van der Waals surface area contributed by atoms with E-state index in [2.05, 4.69) is 15.2 Å². The minimum atomic E-state index is -0.942. The number of hydrogen-bond acceptors (Lipinski definition) is 10. The predicted octanol–water partition coefficient (Wildman–Crippen LogP) is 6.12. The lowest BCUT2D eigenvalue weighted by atomic mass is 9.97.